The molecule has 0 bridgehead atoms. The van der Waals surface area contributed by atoms with Crippen molar-refractivity contribution in [1.29, 1.82) is 0 Å². The molecular formula is C13H16ClNO2. The van der Waals surface area contributed by atoms with Crippen molar-refractivity contribution in [3.63, 3.8) is 0 Å². The monoisotopic (exact) mass is 253 g/mol. The molecule has 0 aromatic heterocycles. The van der Waals surface area contributed by atoms with E-state index in [-0.39, 0.29) is 17.9 Å². The molecule has 0 radical (unpaired) electrons. The van der Waals surface area contributed by atoms with Gasteiger partial charge in [0.1, 0.15) is 0 Å². The largest absolute Gasteiger partial charge is 0.378 e. The molecule has 1 aliphatic rings. The minimum Gasteiger partial charge on any atom is -0.378 e. The molecule has 4 heteroatoms. The third-order valence-corrected chi connectivity index (χ3v) is 3.23. The van der Waals surface area contributed by atoms with Crippen molar-refractivity contribution in [3.8, 4) is 0 Å². The number of nitrogens with one attached hydrogen (secondary N) is 1. The number of benzene rings is 1. The molecule has 1 amide bonds. The number of anilines is 1. The standard InChI is InChI=1S/C13H16ClNO2/c1-9-5-11(8-17-9)13(16)15-12-4-2-3-10(6-12)7-14/h2-4,6,9,11H,5,7-8H2,1H3,(H,15,16). The summed E-state index contributed by atoms with van der Waals surface area (Å²) >= 11 is 5.75. The van der Waals surface area contributed by atoms with E-state index in [0.29, 0.717) is 12.5 Å². The summed E-state index contributed by atoms with van der Waals surface area (Å²) in [5.41, 5.74) is 1.80. The average Bonchev–Trinajstić information content (AvgIpc) is 2.76. The topological polar surface area (TPSA) is 38.3 Å². The van der Waals surface area contributed by atoms with E-state index in [1.54, 1.807) is 0 Å². The number of carbonyl (C=O) groups is 1. The second-order valence-electron chi connectivity index (χ2n) is 4.40. The fourth-order valence-electron chi connectivity index (χ4n) is 1.98. The van der Waals surface area contributed by atoms with Crippen LogP contribution in [0.5, 0.6) is 0 Å². The average molecular weight is 254 g/mol. The second-order valence-corrected chi connectivity index (χ2v) is 4.67. The fourth-order valence-corrected chi connectivity index (χ4v) is 2.14. The molecular weight excluding hydrogens is 238 g/mol. The van der Waals surface area contributed by atoms with Gasteiger partial charge in [0.15, 0.2) is 0 Å². The Labute approximate surface area is 106 Å². The van der Waals surface area contributed by atoms with Crippen molar-refractivity contribution in [2.45, 2.75) is 25.3 Å². The van der Waals surface area contributed by atoms with Gasteiger partial charge in [-0.15, -0.1) is 11.6 Å². The summed E-state index contributed by atoms with van der Waals surface area (Å²) < 4.78 is 5.39. The lowest BCUT2D eigenvalue weighted by Crippen LogP contribution is -2.23. The lowest BCUT2D eigenvalue weighted by molar-refractivity contribution is -0.119. The maximum atomic E-state index is 11.9. The molecule has 1 saturated heterocycles. The summed E-state index contributed by atoms with van der Waals surface area (Å²) in [4.78, 5) is 11.9. The number of hydrogen-bond donors (Lipinski definition) is 1. The highest BCUT2D eigenvalue weighted by molar-refractivity contribution is 6.17. The van der Waals surface area contributed by atoms with E-state index in [1.807, 2.05) is 31.2 Å². The van der Waals surface area contributed by atoms with Gasteiger partial charge in [-0.25, -0.2) is 0 Å². The number of carbonyl (C=O) groups excluding carboxylic acids is 1. The van der Waals surface area contributed by atoms with Gasteiger partial charge in [-0.2, -0.15) is 0 Å². The first-order valence-corrected chi connectivity index (χ1v) is 6.30. The quantitative estimate of drug-likeness (QED) is 0.842. The van der Waals surface area contributed by atoms with E-state index >= 15 is 0 Å². The van der Waals surface area contributed by atoms with Crippen molar-refractivity contribution in [2.75, 3.05) is 11.9 Å². The van der Waals surface area contributed by atoms with Crippen molar-refractivity contribution in [3.05, 3.63) is 29.8 Å². The Balaban J connectivity index is 1.98. The van der Waals surface area contributed by atoms with Gasteiger partial charge in [0.05, 0.1) is 18.6 Å². The molecule has 2 rings (SSSR count). The number of amides is 1. The lowest BCUT2D eigenvalue weighted by atomic mass is 10.1. The van der Waals surface area contributed by atoms with Gasteiger partial charge in [0.25, 0.3) is 0 Å². The van der Waals surface area contributed by atoms with Gasteiger partial charge >= 0.3 is 0 Å². The highest BCUT2D eigenvalue weighted by Crippen LogP contribution is 2.21. The smallest absolute Gasteiger partial charge is 0.229 e. The molecule has 17 heavy (non-hydrogen) atoms. The van der Waals surface area contributed by atoms with Crippen LogP contribution in [0.25, 0.3) is 0 Å². The molecule has 1 aromatic rings. The molecule has 0 spiro atoms. The lowest BCUT2D eigenvalue weighted by Gasteiger charge is -2.10. The highest BCUT2D eigenvalue weighted by Gasteiger charge is 2.28. The second kappa shape index (κ2) is 5.52. The van der Waals surface area contributed by atoms with Crippen LogP contribution in [-0.4, -0.2) is 18.6 Å². The Kier molecular flexibility index (Phi) is 4.02. The van der Waals surface area contributed by atoms with E-state index in [4.69, 9.17) is 16.3 Å². The van der Waals surface area contributed by atoms with Gasteiger partial charge in [-0.3, -0.25) is 4.79 Å². The van der Waals surface area contributed by atoms with E-state index in [0.717, 1.165) is 17.7 Å². The van der Waals surface area contributed by atoms with Crippen LogP contribution in [0.2, 0.25) is 0 Å². The Bertz CT molecular complexity index is 408. The van der Waals surface area contributed by atoms with Crippen molar-refractivity contribution in [2.24, 2.45) is 5.92 Å². The van der Waals surface area contributed by atoms with E-state index in [1.165, 1.54) is 0 Å². The fraction of sp³-hybridized carbons (Fsp3) is 0.462. The number of alkyl halides is 1. The predicted molar refractivity (Wildman–Crippen MR) is 68.1 cm³/mol. The van der Waals surface area contributed by atoms with Crippen LogP contribution in [0.3, 0.4) is 0 Å². The zero-order valence-electron chi connectivity index (χ0n) is 9.78. The van der Waals surface area contributed by atoms with Crippen molar-refractivity contribution in [1.82, 2.24) is 0 Å². The maximum Gasteiger partial charge on any atom is 0.229 e. The summed E-state index contributed by atoms with van der Waals surface area (Å²) in [7, 11) is 0. The molecule has 0 aliphatic carbocycles. The molecule has 92 valence electrons. The first-order chi connectivity index (χ1) is 8.19. The zero-order valence-corrected chi connectivity index (χ0v) is 10.5. The number of halogens is 1. The van der Waals surface area contributed by atoms with Crippen LogP contribution in [0.15, 0.2) is 24.3 Å². The van der Waals surface area contributed by atoms with Crippen LogP contribution in [0.4, 0.5) is 5.69 Å². The molecule has 1 aliphatic heterocycles. The molecule has 1 N–H and O–H groups in total. The van der Waals surface area contributed by atoms with Crippen LogP contribution in [-0.2, 0) is 15.4 Å². The van der Waals surface area contributed by atoms with Crippen LogP contribution >= 0.6 is 11.6 Å². The van der Waals surface area contributed by atoms with Crippen LogP contribution in [0.1, 0.15) is 18.9 Å². The Morgan fingerprint density at radius 3 is 3.06 bits per heavy atom. The summed E-state index contributed by atoms with van der Waals surface area (Å²) in [5.74, 6) is 0.443. The third kappa shape index (κ3) is 3.20. The molecule has 2 atom stereocenters. The highest BCUT2D eigenvalue weighted by atomic mass is 35.5. The minimum absolute atomic E-state index is 0.0288. The minimum atomic E-state index is -0.0374. The maximum absolute atomic E-state index is 11.9. The van der Waals surface area contributed by atoms with Crippen LogP contribution < -0.4 is 5.32 Å². The number of rotatable bonds is 3. The number of hydrogen-bond acceptors (Lipinski definition) is 2. The first-order valence-electron chi connectivity index (χ1n) is 5.76. The van der Waals surface area contributed by atoms with Crippen molar-refractivity contribution >= 4 is 23.2 Å². The zero-order chi connectivity index (χ0) is 12.3. The van der Waals surface area contributed by atoms with Crippen LogP contribution in [0, 0.1) is 5.92 Å². The van der Waals surface area contributed by atoms with E-state index in [9.17, 15) is 4.79 Å². The van der Waals surface area contributed by atoms with Gasteiger partial charge in [0, 0.05) is 11.6 Å². The summed E-state index contributed by atoms with van der Waals surface area (Å²) in [6, 6.07) is 7.59. The summed E-state index contributed by atoms with van der Waals surface area (Å²) in [6.45, 7) is 2.50. The normalized spacial score (nSPS) is 23.6. The molecule has 1 heterocycles. The first kappa shape index (κ1) is 12.4. The van der Waals surface area contributed by atoms with Crippen molar-refractivity contribution < 1.29 is 9.53 Å². The predicted octanol–water partition coefficient (Wildman–Crippen LogP) is 2.79. The SMILES string of the molecule is CC1CC(C(=O)Nc2cccc(CCl)c2)CO1. The Morgan fingerprint density at radius 1 is 1.59 bits per heavy atom. The van der Waals surface area contributed by atoms with E-state index in [2.05, 4.69) is 5.32 Å². The molecule has 1 aromatic carbocycles. The van der Waals surface area contributed by atoms with Gasteiger partial charge in [0.2, 0.25) is 5.91 Å². The summed E-state index contributed by atoms with van der Waals surface area (Å²) in [6.07, 6.45) is 0.973. The van der Waals surface area contributed by atoms with E-state index < -0.39 is 0 Å². The third-order valence-electron chi connectivity index (χ3n) is 2.92. The van der Waals surface area contributed by atoms with Gasteiger partial charge in [-0.1, -0.05) is 12.1 Å². The van der Waals surface area contributed by atoms with Gasteiger partial charge in [-0.05, 0) is 31.0 Å². The molecule has 2 unspecified atom stereocenters. The molecule has 3 nitrogen and oxygen atoms in total. The Morgan fingerprint density at radius 2 is 2.41 bits per heavy atom. The molecule has 1 fully saturated rings. The van der Waals surface area contributed by atoms with Gasteiger partial charge < -0.3 is 10.1 Å². The molecule has 0 saturated carbocycles. The Hall–Kier alpha value is -1.06. The number of ether oxygens (including phenoxy) is 1. The summed E-state index contributed by atoms with van der Waals surface area (Å²) in [5, 5.41) is 2.90.